The molecule has 4 rings (SSSR count). The molecule has 1 unspecified atom stereocenters. The van der Waals surface area contributed by atoms with Gasteiger partial charge in [0.05, 0.1) is 12.0 Å². The van der Waals surface area contributed by atoms with Crippen molar-refractivity contribution in [3.8, 4) is 0 Å². The Morgan fingerprint density at radius 3 is 1.97 bits per heavy atom. The van der Waals surface area contributed by atoms with E-state index in [0.29, 0.717) is 17.9 Å². The smallest absolute Gasteiger partial charge is 0.227 e. The summed E-state index contributed by atoms with van der Waals surface area (Å²) < 4.78 is 0. The molecule has 3 aromatic carbocycles. The van der Waals surface area contributed by atoms with Gasteiger partial charge < -0.3 is 15.5 Å². The lowest BCUT2D eigenvalue weighted by Crippen LogP contribution is -2.36. The van der Waals surface area contributed by atoms with Crippen LogP contribution in [0.3, 0.4) is 0 Å². The maximum absolute atomic E-state index is 13.2. The molecule has 32 heavy (non-hydrogen) atoms. The molecule has 0 saturated carbocycles. The highest BCUT2D eigenvalue weighted by atomic mass is 16.2. The lowest BCUT2D eigenvalue weighted by Gasteiger charge is -2.22. The number of nitrogens with one attached hydrogen (secondary N) is 2. The zero-order valence-corrected chi connectivity index (χ0v) is 17.8. The third-order valence-electron chi connectivity index (χ3n) is 5.55. The topological polar surface area (TPSA) is 78.5 Å². The van der Waals surface area contributed by atoms with Crippen LogP contribution in [0.1, 0.15) is 30.5 Å². The van der Waals surface area contributed by atoms with Crippen molar-refractivity contribution in [2.45, 2.75) is 19.4 Å². The Kier molecular flexibility index (Phi) is 6.31. The van der Waals surface area contributed by atoms with Crippen LogP contribution in [-0.2, 0) is 14.4 Å². The van der Waals surface area contributed by atoms with Gasteiger partial charge in [0.1, 0.15) is 0 Å². The number of carbonyl (C=O) groups excluding carboxylic acids is 3. The Hall–Kier alpha value is -3.93. The Morgan fingerprint density at radius 1 is 0.875 bits per heavy atom. The minimum atomic E-state index is -0.438. The molecule has 162 valence electrons. The lowest BCUT2D eigenvalue weighted by molar-refractivity contribution is -0.126. The van der Waals surface area contributed by atoms with Crippen LogP contribution in [-0.4, -0.2) is 24.3 Å². The summed E-state index contributed by atoms with van der Waals surface area (Å²) >= 11 is 0. The summed E-state index contributed by atoms with van der Waals surface area (Å²) in [5.41, 5.74) is 3.35. The normalized spacial score (nSPS) is 15.6. The van der Waals surface area contributed by atoms with Crippen LogP contribution < -0.4 is 15.5 Å². The predicted molar refractivity (Wildman–Crippen MR) is 124 cm³/mol. The zero-order valence-electron chi connectivity index (χ0n) is 17.8. The Morgan fingerprint density at radius 2 is 1.44 bits per heavy atom. The Balaban J connectivity index is 1.48. The molecule has 0 spiro atoms. The first-order chi connectivity index (χ1) is 15.5. The van der Waals surface area contributed by atoms with E-state index >= 15 is 0 Å². The molecule has 3 aromatic rings. The molecule has 3 amide bonds. The highest BCUT2D eigenvalue weighted by molar-refractivity contribution is 6.00. The molecule has 0 aliphatic carbocycles. The molecule has 0 bridgehead atoms. The number of hydrogen-bond donors (Lipinski definition) is 2. The zero-order chi connectivity index (χ0) is 22.5. The van der Waals surface area contributed by atoms with Crippen molar-refractivity contribution in [1.29, 1.82) is 0 Å². The van der Waals surface area contributed by atoms with Crippen molar-refractivity contribution >= 4 is 29.1 Å². The first kappa shape index (κ1) is 21.3. The lowest BCUT2D eigenvalue weighted by atomic mass is 9.97. The maximum Gasteiger partial charge on any atom is 0.227 e. The van der Waals surface area contributed by atoms with E-state index in [9.17, 15) is 14.4 Å². The standard InChI is InChI=1S/C26H25N3O3/c1-18(30)27-22-12-14-23(15-13-22)29-17-21(16-24(29)31)26(32)28-25(19-8-4-2-5-9-19)20-10-6-3-7-11-20/h2-15,21,25H,16-17H2,1H3,(H,27,30)(H,28,32). The Labute approximate surface area is 187 Å². The van der Waals surface area contributed by atoms with Crippen molar-refractivity contribution in [1.82, 2.24) is 5.32 Å². The second-order valence-electron chi connectivity index (χ2n) is 7.90. The van der Waals surface area contributed by atoms with Gasteiger partial charge in [-0.2, -0.15) is 0 Å². The van der Waals surface area contributed by atoms with Crippen LogP contribution in [0.5, 0.6) is 0 Å². The first-order valence-electron chi connectivity index (χ1n) is 10.6. The predicted octanol–water partition coefficient (Wildman–Crippen LogP) is 3.90. The monoisotopic (exact) mass is 427 g/mol. The van der Waals surface area contributed by atoms with Crippen molar-refractivity contribution in [2.24, 2.45) is 5.92 Å². The summed E-state index contributed by atoms with van der Waals surface area (Å²) in [5.74, 6) is -0.826. The molecule has 6 nitrogen and oxygen atoms in total. The van der Waals surface area contributed by atoms with Crippen LogP contribution in [0.2, 0.25) is 0 Å². The van der Waals surface area contributed by atoms with E-state index in [2.05, 4.69) is 10.6 Å². The van der Waals surface area contributed by atoms with Gasteiger partial charge in [0.2, 0.25) is 17.7 Å². The van der Waals surface area contributed by atoms with Crippen LogP contribution in [0.4, 0.5) is 11.4 Å². The molecule has 1 aliphatic heterocycles. The van der Waals surface area contributed by atoms with Gasteiger partial charge in [-0.15, -0.1) is 0 Å². The molecule has 0 aromatic heterocycles. The van der Waals surface area contributed by atoms with Gasteiger partial charge in [-0.25, -0.2) is 0 Å². The van der Waals surface area contributed by atoms with Crippen molar-refractivity contribution in [3.05, 3.63) is 96.1 Å². The van der Waals surface area contributed by atoms with Gasteiger partial charge >= 0.3 is 0 Å². The second-order valence-corrected chi connectivity index (χ2v) is 7.90. The highest BCUT2D eigenvalue weighted by Crippen LogP contribution is 2.28. The molecule has 0 radical (unpaired) electrons. The summed E-state index contributed by atoms with van der Waals surface area (Å²) in [6.07, 6.45) is 0.162. The van der Waals surface area contributed by atoms with Crippen LogP contribution in [0.15, 0.2) is 84.9 Å². The fourth-order valence-corrected chi connectivity index (χ4v) is 3.97. The van der Waals surface area contributed by atoms with Gasteiger partial charge in [0, 0.05) is 31.3 Å². The molecular formula is C26H25N3O3. The molecular weight excluding hydrogens is 402 g/mol. The number of anilines is 2. The van der Waals surface area contributed by atoms with E-state index in [1.807, 2.05) is 60.7 Å². The Bertz CT molecular complexity index is 1060. The maximum atomic E-state index is 13.2. The second kappa shape index (κ2) is 9.47. The number of benzene rings is 3. The third-order valence-corrected chi connectivity index (χ3v) is 5.55. The summed E-state index contributed by atoms with van der Waals surface area (Å²) in [5, 5.41) is 5.86. The SMILES string of the molecule is CC(=O)Nc1ccc(N2CC(C(=O)NC(c3ccccc3)c3ccccc3)CC2=O)cc1. The summed E-state index contributed by atoms with van der Waals surface area (Å²) in [6, 6.07) is 26.4. The molecule has 1 atom stereocenters. The van der Waals surface area contributed by atoms with E-state index in [-0.39, 0.29) is 30.2 Å². The summed E-state index contributed by atoms with van der Waals surface area (Å²) in [6.45, 7) is 1.76. The van der Waals surface area contributed by atoms with Gasteiger partial charge in [-0.3, -0.25) is 14.4 Å². The van der Waals surface area contributed by atoms with Gasteiger partial charge in [0.25, 0.3) is 0 Å². The number of amides is 3. The third kappa shape index (κ3) is 4.86. The number of hydrogen-bond acceptors (Lipinski definition) is 3. The fraction of sp³-hybridized carbons (Fsp3) is 0.192. The van der Waals surface area contributed by atoms with Crippen molar-refractivity contribution < 1.29 is 14.4 Å². The van der Waals surface area contributed by atoms with E-state index in [4.69, 9.17) is 0 Å². The average Bonchev–Trinajstić information content (AvgIpc) is 3.20. The molecule has 1 heterocycles. The number of carbonyl (C=O) groups is 3. The van der Waals surface area contributed by atoms with Crippen LogP contribution in [0.25, 0.3) is 0 Å². The number of rotatable bonds is 6. The first-order valence-corrected chi connectivity index (χ1v) is 10.6. The van der Waals surface area contributed by atoms with Crippen LogP contribution >= 0.6 is 0 Å². The van der Waals surface area contributed by atoms with E-state index in [1.165, 1.54) is 6.92 Å². The molecule has 2 N–H and O–H groups in total. The molecule has 6 heteroatoms. The number of nitrogens with zero attached hydrogens (tertiary/aromatic N) is 1. The largest absolute Gasteiger partial charge is 0.345 e. The fourth-order valence-electron chi connectivity index (χ4n) is 3.97. The summed E-state index contributed by atoms with van der Waals surface area (Å²) in [7, 11) is 0. The van der Waals surface area contributed by atoms with E-state index < -0.39 is 5.92 Å². The molecule has 1 fully saturated rings. The summed E-state index contributed by atoms with van der Waals surface area (Å²) in [4.78, 5) is 38.6. The average molecular weight is 428 g/mol. The van der Waals surface area contributed by atoms with Crippen molar-refractivity contribution in [3.63, 3.8) is 0 Å². The van der Waals surface area contributed by atoms with Crippen molar-refractivity contribution in [2.75, 3.05) is 16.8 Å². The highest BCUT2D eigenvalue weighted by Gasteiger charge is 2.36. The van der Waals surface area contributed by atoms with E-state index in [1.54, 1.807) is 29.2 Å². The minimum Gasteiger partial charge on any atom is -0.345 e. The van der Waals surface area contributed by atoms with E-state index in [0.717, 1.165) is 11.1 Å². The van der Waals surface area contributed by atoms with Gasteiger partial charge in [0.15, 0.2) is 0 Å². The molecule has 1 aliphatic rings. The van der Waals surface area contributed by atoms with Crippen LogP contribution in [0, 0.1) is 5.92 Å². The van der Waals surface area contributed by atoms with Gasteiger partial charge in [-0.1, -0.05) is 60.7 Å². The quantitative estimate of drug-likeness (QED) is 0.626. The molecule has 1 saturated heterocycles. The van der Waals surface area contributed by atoms with Gasteiger partial charge in [-0.05, 0) is 35.4 Å². The minimum absolute atomic E-state index is 0.0894.